The molecule has 0 rings (SSSR count). The Bertz CT molecular complexity index is 198. The van der Waals surface area contributed by atoms with Gasteiger partial charge < -0.3 is 10.2 Å². The number of aliphatic carboxylic acids is 2. The molecule has 0 aromatic heterocycles. The van der Waals surface area contributed by atoms with Gasteiger partial charge >= 0.3 is 11.9 Å². The first-order valence-corrected chi connectivity index (χ1v) is 3.68. The van der Waals surface area contributed by atoms with E-state index in [2.05, 4.69) is 0 Å². The molecule has 0 saturated carbocycles. The quantitative estimate of drug-likeness (QED) is 0.549. The average Bonchev–Trinajstić information content (AvgIpc) is 1.79. The van der Waals surface area contributed by atoms with Crippen LogP contribution < -0.4 is 0 Å². The largest absolute Gasteiger partial charge is 0.481 e. The van der Waals surface area contributed by atoms with Gasteiger partial charge in [-0.25, -0.2) is 0 Å². The molecule has 0 aliphatic heterocycles. The van der Waals surface area contributed by atoms with E-state index >= 15 is 0 Å². The summed E-state index contributed by atoms with van der Waals surface area (Å²) in [5, 5.41) is 15.7. The molecule has 0 bridgehead atoms. The number of Topliss-reactive ketones (excluding diaryl/α,β-unsaturated/α-hetero) is 2. The van der Waals surface area contributed by atoms with Crippen molar-refractivity contribution in [1.29, 1.82) is 0 Å². The summed E-state index contributed by atoms with van der Waals surface area (Å²) in [4.78, 5) is 38.9. The van der Waals surface area contributed by atoms with E-state index in [-0.39, 0.29) is 40.9 Å². The summed E-state index contributed by atoms with van der Waals surface area (Å²) in [6.45, 7) is 2.49. The number of hydrogen-bond acceptors (Lipinski definition) is 4. The summed E-state index contributed by atoms with van der Waals surface area (Å²) in [6, 6.07) is 0. The number of hydrogen-bond donors (Lipinski definition) is 2. The molecule has 0 aromatic rings. The second kappa shape index (κ2) is 10.9. The van der Waals surface area contributed by atoms with E-state index in [0.717, 1.165) is 0 Å². The van der Waals surface area contributed by atoms with Crippen molar-refractivity contribution >= 4 is 23.5 Å². The van der Waals surface area contributed by atoms with Gasteiger partial charge in [0.05, 0.1) is 0 Å². The molecule has 0 fully saturated rings. The third kappa shape index (κ3) is 32.3. The summed E-state index contributed by atoms with van der Waals surface area (Å²) < 4.78 is 0. The molecule has 6 nitrogen and oxygen atoms in total. The molecule has 15 heavy (non-hydrogen) atoms. The molecular weight excluding hydrogens is 251 g/mol. The molecule has 0 atom stereocenters. The van der Waals surface area contributed by atoms with Gasteiger partial charge in [-0.3, -0.25) is 19.2 Å². The topological polar surface area (TPSA) is 109 Å². The van der Waals surface area contributed by atoms with E-state index in [1.807, 2.05) is 0 Å². The van der Waals surface area contributed by atoms with Crippen LogP contribution in [-0.4, -0.2) is 33.7 Å². The van der Waals surface area contributed by atoms with Gasteiger partial charge in [0.15, 0.2) is 0 Å². The average molecular weight is 263 g/mol. The SMILES string of the molecule is CC(=O)CC(=O)O.CC(=O)CC(=O)O.[Ni]. The Kier molecular flexibility index (Phi) is 14.0. The zero-order valence-corrected chi connectivity index (χ0v) is 9.25. The van der Waals surface area contributed by atoms with Crippen LogP contribution in [0.4, 0.5) is 0 Å². The monoisotopic (exact) mass is 262 g/mol. The predicted molar refractivity (Wildman–Crippen MR) is 45.9 cm³/mol. The van der Waals surface area contributed by atoms with Crippen LogP contribution in [0.5, 0.6) is 0 Å². The van der Waals surface area contributed by atoms with E-state index in [0.29, 0.717) is 0 Å². The first-order valence-electron chi connectivity index (χ1n) is 3.68. The molecule has 0 saturated heterocycles. The minimum atomic E-state index is -1.06. The van der Waals surface area contributed by atoms with Crippen LogP contribution in [0.2, 0.25) is 0 Å². The van der Waals surface area contributed by atoms with Crippen molar-refractivity contribution in [3.05, 3.63) is 0 Å². The standard InChI is InChI=1S/2C4H6O3.Ni/c2*1-3(5)2-4(6)7;/h2*2H2,1H3,(H,6,7);. The molecule has 2 N–H and O–H groups in total. The van der Waals surface area contributed by atoms with E-state index in [1.165, 1.54) is 13.8 Å². The Morgan fingerprint density at radius 3 is 1.00 bits per heavy atom. The van der Waals surface area contributed by atoms with E-state index in [9.17, 15) is 19.2 Å². The van der Waals surface area contributed by atoms with Crippen LogP contribution in [0.25, 0.3) is 0 Å². The first kappa shape index (κ1) is 19.4. The zero-order valence-electron chi connectivity index (χ0n) is 8.26. The van der Waals surface area contributed by atoms with Crippen molar-refractivity contribution in [1.82, 2.24) is 0 Å². The van der Waals surface area contributed by atoms with Gasteiger partial charge in [0, 0.05) is 16.5 Å². The summed E-state index contributed by atoms with van der Waals surface area (Å²) in [5.41, 5.74) is 0. The maximum Gasteiger partial charge on any atom is 0.310 e. The molecule has 0 aromatic carbocycles. The van der Waals surface area contributed by atoms with Crippen LogP contribution in [0, 0.1) is 0 Å². The number of ketones is 2. The van der Waals surface area contributed by atoms with Crippen LogP contribution in [0.15, 0.2) is 0 Å². The van der Waals surface area contributed by atoms with Gasteiger partial charge in [-0.2, -0.15) is 0 Å². The maximum atomic E-state index is 9.87. The second-order valence-electron chi connectivity index (χ2n) is 2.55. The molecule has 0 heterocycles. The number of carbonyl (C=O) groups excluding carboxylic acids is 2. The van der Waals surface area contributed by atoms with Crippen molar-refractivity contribution in [2.24, 2.45) is 0 Å². The van der Waals surface area contributed by atoms with Gasteiger partial charge in [0.1, 0.15) is 24.4 Å². The summed E-state index contributed by atoms with van der Waals surface area (Å²) in [7, 11) is 0. The number of carboxylic acids is 2. The van der Waals surface area contributed by atoms with Crippen LogP contribution in [0.3, 0.4) is 0 Å². The molecular formula is C8H12NiO6. The fourth-order valence-electron chi connectivity index (χ4n) is 0.426. The summed E-state index contributed by atoms with van der Waals surface area (Å²) in [5.74, 6) is -2.75. The zero-order chi connectivity index (χ0) is 11.7. The van der Waals surface area contributed by atoms with Crippen molar-refractivity contribution < 1.29 is 45.9 Å². The van der Waals surface area contributed by atoms with Gasteiger partial charge in [0.2, 0.25) is 0 Å². The fourth-order valence-corrected chi connectivity index (χ4v) is 0.426. The maximum absolute atomic E-state index is 9.87. The molecule has 0 radical (unpaired) electrons. The molecule has 0 aliphatic carbocycles. The van der Waals surface area contributed by atoms with E-state index in [1.54, 1.807) is 0 Å². The van der Waals surface area contributed by atoms with Crippen molar-refractivity contribution in [3.8, 4) is 0 Å². The van der Waals surface area contributed by atoms with Crippen LogP contribution >= 0.6 is 0 Å². The van der Waals surface area contributed by atoms with Crippen molar-refractivity contribution in [2.75, 3.05) is 0 Å². The molecule has 90 valence electrons. The van der Waals surface area contributed by atoms with Gasteiger partial charge in [-0.05, 0) is 13.8 Å². The van der Waals surface area contributed by atoms with Gasteiger partial charge in [0.25, 0.3) is 0 Å². The van der Waals surface area contributed by atoms with Crippen LogP contribution in [0.1, 0.15) is 26.7 Å². The Balaban J connectivity index is -0.000000180. The Morgan fingerprint density at radius 2 is 1.00 bits per heavy atom. The third-order valence-electron chi connectivity index (χ3n) is 0.800. The normalized spacial score (nSPS) is 7.60. The second-order valence-corrected chi connectivity index (χ2v) is 2.55. The van der Waals surface area contributed by atoms with E-state index in [4.69, 9.17) is 10.2 Å². The predicted octanol–water partition coefficient (Wildman–Crippen LogP) is 0.0977. The molecule has 7 heteroatoms. The van der Waals surface area contributed by atoms with E-state index < -0.39 is 11.9 Å². The van der Waals surface area contributed by atoms with Crippen molar-refractivity contribution in [3.63, 3.8) is 0 Å². The Morgan fingerprint density at radius 1 is 0.800 bits per heavy atom. The fraction of sp³-hybridized carbons (Fsp3) is 0.500. The minimum Gasteiger partial charge on any atom is -0.481 e. The van der Waals surface area contributed by atoms with Crippen molar-refractivity contribution in [2.45, 2.75) is 26.7 Å². The first-order chi connectivity index (χ1) is 6.25. The third-order valence-corrected chi connectivity index (χ3v) is 0.800. The smallest absolute Gasteiger partial charge is 0.310 e. The number of carboxylic acid groups (broad SMARTS) is 2. The Labute approximate surface area is 96.6 Å². The minimum absolute atomic E-state index is 0. The molecule has 0 aliphatic rings. The van der Waals surface area contributed by atoms with Gasteiger partial charge in [-0.15, -0.1) is 0 Å². The molecule has 0 amide bonds. The number of carbonyl (C=O) groups is 4. The molecule has 0 unspecified atom stereocenters. The summed E-state index contributed by atoms with van der Waals surface area (Å²) >= 11 is 0. The Hall–Kier alpha value is -1.23. The number of rotatable bonds is 4. The van der Waals surface area contributed by atoms with Gasteiger partial charge in [-0.1, -0.05) is 0 Å². The van der Waals surface area contributed by atoms with Crippen LogP contribution in [-0.2, 0) is 35.7 Å². The summed E-state index contributed by atoms with van der Waals surface area (Å²) in [6.07, 6.45) is -0.722. The molecule has 0 spiro atoms.